The van der Waals surface area contributed by atoms with Gasteiger partial charge < -0.3 is 10.3 Å². The van der Waals surface area contributed by atoms with Crippen LogP contribution < -0.4 is 5.32 Å². The quantitative estimate of drug-likeness (QED) is 0.577. The summed E-state index contributed by atoms with van der Waals surface area (Å²) in [6.07, 6.45) is 9.26. The zero-order chi connectivity index (χ0) is 20.8. The Bertz CT molecular complexity index is 1000. The Morgan fingerprint density at radius 1 is 1.23 bits per heavy atom. The van der Waals surface area contributed by atoms with Crippen LogP contribution in [0.4, 0.5) is 11.5 Å². The predicted molar refractivity (Wildman–Crippen MR) is 116 cm³/mol. The van der Waals surface area contributed by atoms with Gasteiger partial charge in [0.25, 0.3) is 0 Å². The lowest BCUT2D eigenvalue weighted by atomic mass is 10.1. The summed E-state index contributed by atoms with van der Waals surface area (Å²) in [5.41, 5.74) is 3.47. The van der Waals surface area contributed by atoms with E-state index in [-0.39, 0.29) is 0 Å². The van der Waals surface area contributed by atoms with Crippen LogP contribution in [0.25, 0.3) is 0 Å². The van der Waals surface area contributed by atoms with Crippen molar-refractivity contribution in [1.82, 2.24) is 24.8 Å². The van der Waals surface area contributed by atoms with Gasteiger partial charge in [-0.2, -0.15) is 5.26 Å². The summed E-state index contributed by atoms with van der Waals surface area (Å²) in [5.74, 6) is 1.87. The first-order valence-electron chi connectivity index (χ1n) is 10.6. The highest BCUT2D eigenvalue weighted by molar-refractivity contribution is 5.55. The Balaban J connectivity index is 1.44. The number of aromatic nitrogens is 4. The number of pyridine rings is 2. The van der Waals surface area contributed by atoms with Gasteiger partial charge in [-0.25, -0.2) is 15.0 Å². The molecular formula is C23H27N7. The molecule has 0 bridgehead atoms. The lowest BCUT2D eigenvalue weighted by Gasteiger charge is -2.23. The molecule has 0 radical (unpaired) electrons. The van der Waals surface area contributed by atoms with Crippen molar-refractivity contribution in [2.45, 2.75) is 51.6 Å². The second kappa shape index (κ2) is 9.51. The summed E-state index contributed by atoms with van der Waals surface area (Å²) < 4.78 is 0. The number of nitrogens with zero attached hydrogens (tertiary/aromatic N) is 5. The SMILES string of the molecule is CCCCc1ncc(CN2CCCC2c2cccc(Nc3ccc(C#N)nc3)n2)[nH]1. The number of unbranched alkanes of at least 4 members (excludes halogenated alkanes) is 1. The lowest BCUT2D eigenvalue weighted by molar-refractivity contribution is 0.242. The molecule has 1 atom stereocenters. The molecule has 1 aliphatic heterocycles. The van der Waals surface area contributed by atoms with Crippen LogP contribution in [0.15, 0.2) is 42.7 Å². The largest absolute Gasteiger partial charge is 0.345 e. The molecule has 2 N–H and O–H groups in total. The molecule has 1 fully saturated rings. The minimum absolute atomic E-state index is 0.299. The van der Waals surface area contributed by atoms with E-state index in [1.807, 2.05) is 30.5 Å². The summed E-state index contributed by atoms with van der Waals surface area (Å²) in [5, 5.41) is 12.2. The van der Waals surface area contributed by atoms with Gasteiger partial charge in [-0.3, -0.25) is 4.90 Å². The van der Waals surface area contributed by atoms with Crippen molar-refractivity contribution in [3.05, 3.63) is 65.6 Å². The predicted octanol–water partition coefficient (Wildman–Crippen LogP) is 4.49. The second-order valence-electron chi connectivity index (χ2n) is 7.70. The average Bonchev–Trinajstić information content (AvgIpc) is 3.43. The van der Waals surface area contributed by atoms with Crippen LogP contribution in [0.1, 0.15) is 61.6 Å². The number of H-pyrrole nitrogens is 1. The third-order valence-corrected chi connectivity index (χ3v) is 5.45. The molecule has 30 heavy (non-hydrogen) atoms. The molecule has 0 aromatic carbocycles. The third kappa shape index (κ3) is 4.84. The van der Waals surface area contributed by atoms with Crippen LogP contribution in [0.3, 0.4) is 0 Å². The van der Waals surface area contributed by atoms with Crippen LogP contribution in [0, 0.1) is 11.3 Å². The summed E-state index contributed by atoms with van der Waals surface area (Å²) in [6.45, 7) is 4.13. The monoisotopic (exact) mass is 401 g/mol. The fourth-order valence-electron chi connectivity index (χ4n) is 3.91. The minimum Gasteiger partial charge on any atom is -0.345 e. The molecule has 0 spiro atoms. The van der Waals surface area contributed by atoms with Gasteiger partial charge >= 0.3 is 0 Å². The molecule has 0 saturated carbocycles. The molecule has 4 rings (SSSR count). The number of likely N-dealkylation sites (tertiary alicyclic amines) is 1. The second-order valence-corrected chi connectivity index (χ2v) is 7.70. The summed E-state index contributed by atoms with van der Waals surface area (Å²) in [7, 11) is 0. The highest BCUT2D eigenvalue weighted by Crippen LogP contribution is 2.32. The van der Waals surface area contributed by atoms with Gasteiger partial charge in [0.1, 0.15) is 23.4 Å². The van der Waals surface area contributed by atoms with Gasteiger partial charge in [0.05, 0.1) is 23.6 Å². The topological polar surface area (TPSA) is 93.5 Å². The number of anilines is 2. The first-order chi connectivity index (χ1) is 14.7. The summed E-state index contributed by atoms with van der Waals surface area (Å²) in [6, 6.07) is 12.0. The van der Waals surface area contributed by atoms with Crippen molar-refractivity contribution >= 4 is 11.5 Å². The van der Waals surface area contributed by atoms with Crippen molar-refractivity contribution in [2.75, 3.05) is 11.9 Å². The molecule has 3 aromatic rings. The number of imidazole rings is 1. The van der Waals surface area contributed by atoms with E-state index in [1.165, 1.54) is 18.5 Å². The van der Waals surface area contributed by atoms with Crippen LogP contribution in [-0.2, 0) is 13.0 Å². The fraction of sp³-hybridized carbons (Fsp3) is 0.391. The van der Waals surface area contributed by atoms with Crippen molar-refractivity contribution < 1.29 is 0 Å². The van der Waals surface area contributed by atoms with Crippen LogP contribution >= 0.6 is 0 Å². The molecule has 154 valence electrons. The van der Waals surface area contributed by atoms with Gasteiger partial charge in [-0.1, -0.05) is 19.4 Å². The Morgan fingerprint density at radius 3 is 2.97 bits per heavy atom. The maximum absolute atomic E-state index is 8.89. The Morgan fingerprint density at radius 2 is 2.17 bits per heavy atom. The fourth-order valence-corrected chi connectivity index (χ4v) is 3.91. The summed E-state index contributed by atoms with van der Waals surface area (Å²) in [4.78, 5) is 19.5. The molecular weight excluding hydrogens is 374 g/mol. The van der Waals surface area contributed by atoms with Gasteiger partial charge in [-0.05, 0) is 50.1 Å². The van der Waals surface area contributed by atoms with Crippen LogP contribution in [0.2, 0.25) is 0 Å². The van der Waals surface area contributed by atoms with Gasteiger partial charge in [-0.15, -0.1) is 0 Å². The number of hydrogen-bond acceptors (Lipinski definition) is 6. The zero-order valence-electron chi connectivity index (χ0n) is 17.3. The van der Waals surface area contributed by atoms with E-state index >= 15 is 0 Å². The molecule has 1 aliphatic rings. The number of nitriles is 1. The number of aromatic amines is 1. The van der Waals surface area contributed by atoms with Crippen molar-refractivity contribution in [3.8, 4) is 6.07 Å². The van der Waals surface area contributed by atoms with E-state index in [2.05, 4.69) is 38.2 Å². The van der Waals surface area contributed by atoms with Crippen molar-refractivity contribution in [1.29, 1.82) is 5.26 Å². The van der Waals surface area contributed by atoms with Crippen LogP contribution in [0.5, 0.6) is 0 Å². The van der Waals surface area contributed by atoms with E-state index in [4.69, 9.17) is 10.2 Å². The molecule has 4 heterocycles. The first-order valence-corrected chi connectivity index (χ1v) is 10.6. The molecule has 3 aromatic heterocycles. The first kappa shape index (κ1) is 20.0. The molecule has 7 nitrogen and oxygen atoms in total. The number of hydrogen-bond donors (Lipinski definition) is 2. The van der Waals surface area contributed by atoms with E-state index in [0.29, 0.717) is 11.7 Å². The van der Waals surface area contributed by atoms with Crippen LogP contribution in [-0.4, -0.2) is 31.4 Å². The van der Waals surface area contributed by atoms with E-state index in [9.17, 15) is 0 Å². The van der Waals surface area contributed by atoms with Gasteiger partial charge in [0.2, 0.25) is 0 Å². The molecule has 7 heteroatoms. The van der Waals surface area contributed by atoms with Crippen molar-refractivity contribution in [2.24, 2.45) is 0 Å². The normalized spacial score (nSPS) is 16.5. The third-order valence-electron chi connectivity index (χ3n) is 5.45. The summed E-state index contributed by atoms with van der Waals surface area (Å²) >= 11 is 0. The Kier molecular flexibility index (Phi) is 6.35. The highest BCUT2D eigenvalue weighted by atomic mass is 15.2. The number of aryl methyl sites for hydroxylation is 1. The van der Waals surface area contributed by atoms with Gasteiger partial charge in [0, 0.05) is 24.9 Å². The molecule has 1 unspecified atom stereocenters. The molecule has 0 aliphatic carbocycles. The van der Waals surface area contributed by atoms with Gasteiger partial charge in [0.15, 0.2) is 0 Å². The number of rotatable bonds is 8. The Hall–Kier alpha value is -3.24. The molecule has 1 saturated heterocycles. The lowest BCUT2D eigenvalue weighted by Crippen LogP contribution is -2.23. The van der Waals surface area contributed by atoms with E-state index in [0.717, 1.165) is 55.4 Å². The maximum atomic E-state index is 8.89. The smallest absolute Gasteiger partial charge is 0.140 e. The van der Waals surface area contributed by atoms with E-state index in [1.54, 1.807) is 12.3 Å². The average molecular weight is 402 g/mol. The maximum Gasteiger partial charge on any atom is 0.140 e. The Labute approximate surface area is 177 Å². The van der Waals surface area contributed by atoms with Crippen molar-refractivity contribution in [3.63, 3.8) is 0 Å². The zero-order valence-corrected chi connectivity index (χ0v) is 17.3. The minimum atomic E-state index is 0.299. The highest BCUT2D eigenvalue weighted by Gasteiger charge is 2.27. The molecule has 0 amide bonds. The number of nitrogens with one attached hydrogen (secondary N) is 2. The standard InChI is InChI=1S/C23H27N7/c1-2-3-8-22-26-15-19(28-22)16-30-12-5-7-21(30)20-6-4-9-23(29-20)27-18-11-10-17(13-24)25-14-18/h4,6,9-11,14-15,21H,2-3,5,7-8,12,16H2,1H3,(H,26,28)(H,27,29). The van der Waals surface area contributed by atoms with E-state index < -0.39 is 0 Å².